The zero-order chi connectivity index (χ0) is 35.8. The van der Waals surface area contributed by atoms with E-state index < -0.39 is 0 Å². The third kappa shape index (κ3) is 4.11. The summed E-state index contributed by atoms with van der Waals surface area (Å²) in [4.78, 5) is 0. The molecule has 3 aromatic heterocycles. The van der Waals surface area contributed by atoms with Crippen LogP contribution in [0.5, 0.6) is 0 Å². The molecule has 0 spiro atoms. The predicted molar refractivity (Wildman–Crippen MR) is 207 cm³/mol. The summed E-state index contributed by atoms with van der Waals surface area (Å²) in [5.74, 6) is 0. The van der Waals surface area contributed by atoms with Gasteiger partial charge in [0, 0.05) is 43.4 Å². The fourth-order valence-electron chi connectivity index (χ4n) is 8.13. The van der Waals surface area contributed by atoms with Crippen molar-refractivity contribution in [2.75, 3.05) is 0 Å². The number of nitrogens with zero attached hydrogens (tertiary/aromatic N) is 6. The molecule has 0 unspecified atom stereocenters. The van der Waals surface area contributed by atoms with Crippen LogP contribution >= 0.6 is 0 Å². The van der Waals surface area contributed by atoms with Crippen LogP contribution in [0.25, 0.3) is 88.1 Å². The highest BCUT2D eigenvalue weighted by molar-refractivity contribution is 6.27. The van der Waals surface area contributed by atoms with Gasteiger partial charge in [-0.1, -0.05) is 72.8 Å². The maximum Gasteiger partial charge on any atom is 0.136 e. The molecule has 3 heterocycles. The molecular weight excluding hydrogens is 653 g/mol. The van der Waals surface area contributed by atoms with Gasteiger partial charge in [0.15, 0.2) is 0 Å². The van der Waals surface area contributed by atoms with Crippen LogP contribution in [0.4, 0.5) is 0 Å². The summed E-state index contributed by atoms with van der Waals surface area (Å²) in [6, 6.07) is 52.0. The Hall–Kier alpha value is -8.10. The van der Waals surface area contributed by atoms with Crippen LogP contribution in [0.2, 0.25) is 0 Å². The van der Waals surface area contributed by atoms with Crippen LogP contribution in [0, 0.1) is 45.3 Å². The maximum atomic E-state index is 11.2. The summed E-state index contributed by atoms with van der Waals surface area (Å²) in [5.41, 5.74) is 8.07. The fraction of sp³-hybridized carbons (Fsp3) is 0. The first-order chi connectivity index (χ1) is 26.1. The minimum absolute atomic E-state index is 0.264. The molecule has 242 valence electrons. The van der Waals surface area contributed by atoms with Gasteiger partial charge in [0.2, 0.25) is 0 Å². The van der Waals surface area contributed by atoms with Crippen molar-refractivity contribution in [2.24, 2.45) is 0 Å². The highest BCUT2D eigenvalue weighted by Gasteiger charge is 2.26. The third-order valence-electron chi connectivity index (χ3n) is 10.2. The molecular formula is C46H22N6O. The molecule has 0 saturated heterocycles. The summed E-state index contributed by atoms with van der Waals surface area (Å²) in [6.07, 6.45) is 0. The van der Waals surface area contributed by atoms with Gasteiger partial charge in [-0.2, -0.15) is 21.0 Å². The Morgan fingerprint density at radius 2 is 1.02 bits per heavy atom. The summed E-state index contributed by atoms with van der Waals surface area (Å²) < 4.78 is 10.3. The maximum absolute atomic E-state index is 11.2. The van der Waals surface area contributed by atoms with E-state index in [-0.39, 0.29) is 11.1 Å². The van der Waals surface area contributed by atoms with Crippen molar-refractivity contribution in [3.63, 3.8) is 0 Å². The largest absolute Gasteiger partial charge is 0.456 e. The smallest absolute Gasteiger partial charge is 0.136 e. The van der Waals surface area contributed by atoms with Crippen LogP contribution in [0.3, 0.4) is 0 Å². The molecule has 10 aromatic rings. The van der Waals surface area contributed by atoms with Gasteiger partial charge in [-0.05, 0) is 60.7 Å². The Kier molecular flexibility index (Phi) is 6.30. The Morgan fingerprint density at radius 3 is 1.68 bits per heavy atom. The van der Waals surface area contributed by atoms with E-state index in [0.29, 0.717) is 33.6 Å². The van der Waals surface area contributed by atoms with Gasteiger partial charge in [0.25, 0.3) is 0 Å². The summed E-state index contributed by atoms with van der Waals surface area (Å²) in [5, 5.41) is 48.5. The number of fused-ring (bicyclic) bond motifs is 10. The minimum Gasteiger partial charge on any atom is -0.456 e. The van der Waals surface area contributed by atoms with Crippen molar-refractivity contribution in [1.29, 1.82) is 21.0 Å². The van der Waals surface area contributed by atoms with E-state index in [9.17, 15) is 21.0 Å². The van der Waals surface area contributed by atoms with E-state index in [2.05, 4.69) is 30.3 Å². The molecule has 0 radical (unpaired) electrons. The van der Waals surface area contributed by atoms with Crippen LogP contribution in [0.15, 0.2) is 138 Å². The molecule has 0 saturated carbocycles. The summed E-state index contributed by atoms with van der Waals surface area (Å²) in [7, 11) is 0. The first kappa shape index (κ1) is 29.8. The Balaban J connectivity index is 1.37. The van der Waals surface area contributed by atoms with Gasteiger partial charge in [0.05, 0.1) is 67.8 Å². The number of aromatic nitrogens is 2. The SMILES string of the molecule is N#Cc1cc(C#N)c(-n2c3ccccc3c3ccccc32)c(-c2cc(C#N)cc(-n3c4ccccc4c4c5c(ccc43)oc3ccccc35)c2C#N)c1. The molecule has 0 fully saturated rings. The number of furan rings is 1. The molecule has 0 amide bonds. The lowest BCUT2D eigenvalue weighted by molar-refractivity contribution is 0.669. The second kappa shape index (κ2) is 11.2. The predicted octanol–water partition coefficient (Wildman–Crippen LogP) is 10.9. The lowest BCUT2D eigenvalue weighted by Gasteiger charge is -2.19. The molecule has 7 aromatic carbocycles. The molecule has 7 nitrogen and oxygen atoms in total. The zero-order valence-corrected chi connectivity index (χ0v) is 27.8. The minimum atomic E-state index is 0.264. The average Bonchev–Trinajstić information content (AvgIpc) is 3.87. The second-order valence-corrected chi connectivity index (χ2v) is 12.9. The van der Waals surface area contributed by atoms with E-state index in [0.717, 1.165) is 65.6 Å². The Morgan fingerprint density at radius 1 is 0.434 bits per heavy atom. The van der Waals surface area contributed by atoms with Crippen LogP contribution in [0.1, 0.15) is 22.3 Å². The van der Waals surface area contributed by atoms with E-state index in [4.69, 9.17) is 4.42 Å². The van der Waals surface area contributed by atoms with E-state index >= 15 is 0 Å². The third-order valence-corrected chi connectivity index (χ3v) is 10.2. The lowest BCUT2D eigenvalue weighted by Crippen LogP contribution is -2.05. The van der Waals surface area contributed by atoms with E-state index in [1.807, 2.05) is 112 Å². The molecule has 7 heteroatoms. The van der Waals surface area contributed by atoms with Gasteiger partial charge in [-0.3, -0.25) is 0 Å². The van der Waals surface area contributed by atoms with Crippen molar-refractivity contribution in [3.05, 3.63) is 156 Å². The van der Waals surface area contributed by atoms with Crippen molar-refractivity contribution in [3.8, 4) is 46.8 Å². The number of benzene rings is 7. The molecule has 10 rings (SSSR count). The van der Waals surface area contributed by atoms with Gasteiger partial charge < -0.3 is 13.6 Å². The standard InChI is InChI=1S/C46H22N6O/c47-23-27-19-29(25-49)46(52-37-13-5-1-9-30(37)31-10-2-6-14-38(31)52)35(21-27)34-20-28(24-48)22-41(36(34)26-50)51-39-15-7-3-11-32(39)44-40(51)17-18-43-45(44)33-12-4-8-16-42(33)53-43/h1-22H. The van der Waals surface area contributed by atoms with Crippen molar-refractivity contribution < 1.29 is 4.42 Å². The zero-order valence-electron chi connectivity index (χ0n) is 27.8. The highest BCUT2D eigenvalue weighted by atomic mass is 16.3. The van der Waals surface area contributed by atoms with Gasteiger partial charge in [-0.25, -0.2) is 0 Å². The monoisotopic (exact) mass is 674 g/mol. The van der Waals surface area contributed by atoms with Gasteiger partial charge in [0.1, 0.15) is 23.3 Å². The topological polar surface area (TPSA) is 118 Å². The lowest BCUT2D eigenvalue weighted by atomic mass is 9.91. The number of para-hydroxylation sites is 4. The number of nitriles is 4. The van der Waals surface area contributed by atoms with Gasteiger partial charge >= 0.3 is 0 Å². The quantitative estimate of drug-likeness (QED) is 0.185. The molecule has 0 aliphatic rings. The number of hydrogen-bond donors (Lipinski definition) is 0. The highest BCUT2D eigenvalue weighted by Crippen LogP contribution is 2.44. The molecule has 0 aliphatic carbocycles. The van der Waals surface area contributed by atoms with E-state index in [1.165, 1.54) is 0 Å². The first-order valence-corrected chi connectivity index (χ1v) is 16.9. The molecule has 53 heavy (non-hydrogen) atoms. The van der Waals surface area contributed by atoms with Crippen molar-refractivity contribution in [2.45, 2.75) is 0 Å². The summed E-state index contributed by atoms with van der Waals surface area (Å²) >= 11 is 0. The molecule has 0 atom stereocenters. The van der Waals surface area contributed by atoms with Crippen molar-refractivity contribution in [1.82, 2.24) is 9.13 Å². The first-order valence-electron chi connectivity index (χ1n) is 16.9. The van der Waals surface area contributed by atoms with Crippen LogP contribution in [-0.4, -0.2) is 9.13 Å². The second-order valence-electron chi connectivity index (χ2n) is 12.9. The number of rotatable bonds is 3. The van der Waals surface area contributed by atoms with E-state index in [1.54, 1.807) is 24.3 Å². The average molecular weight is 675 g/mol. The Labute approximate surface area is 301 Å². The molecule has 0 aliphatic heterocycles. The fourth-order valence-corrected chi connectivity index (χ4v) is 8.13. The Bertz CT molecular complexity index is 3350. The number of hydrogen-bond acceptors (Lipinski definition) is 5. The molecule has 0 bridgehead atoms. The van der Waals surface area contributed by atoms with Crippen LogP contribution < -0.4 is 0 Å². The van der Waals surface area contributed by atoms with Crippen molar-refractivity contribution >= 4 is 65.6 Å². The van der Waals surface area contributed by atoms with Gasteiger partial charge in [-0.15, -0.1) is 0 Å². The molecule has 0 N–H and O–H groups in total. The summed E-state index contributed by atoms with van der Waals surface area (Å²) in [6.45, 7) is 0. The normalized spacial score (nSPS) is 11.3. The van der Waals surface area contributed by atoms with Crippen LogP contribution in [-0.2, 0) is 0 Å².